The molecule has 2 rings (SSSR count). The predicted octanol–water partition coefficient (Wildman–Crippen LogP) is 2.46. The molecule has 3 atom stereocenters. The highest BCUT2D eigenvalue weighted by Crippen LogP contribution is 2.34. The third-order valence-corrected chi connectivity index (χ3v) is 4.63. The summed E-state index contributed by atoms with van der Waals surface area (Å²) in [5, 5.41) is 0. The van der Waals surface area contributed by atoms with Gasteiger partial charge in [0.1, 0.15) is 5.60 Å². The highest BCUT2D eigenvalue weighted by Gasteiger charge is 2.46. The first kappa shape index (κ1) is 20.9. The quantitative estimate of drug-likeness (QED) is 0.798. The van der Waals surface area contributed by atoms with Crippen LogP contribution in [0.2, 0.25) is 0 Å². The Morgan fingerprint density at radius 3 is 2.37 bits per heavy atom. The lowest BCUT2D eigenvalue weighted by Crippen LogP contribution is -2.46. The molecule has 1 saturated heterocycles. The highest BCUT2D eigenvalue weighted by atomic mass is 16.6. The van der Waals surface area contributed by atoms with Gasteiger partial charge in [0.25, 0.3) is 0 Å². The average molecular weight is 375 g/mol. The summed E-state index contributed by atoms with van der Waals surface area (Å²) in [6, 6.07) is 7.48. The molecule has 1 heterocycles. The van der Waals surface area contributed by atoms with Crippen LogP contribution in [0.3, 0.4) is 0 Å². The molecular weight excluding hydrogens is 346 g/mol. The van der Waals surface area contributed by atoms with Crippen molar-refractivity contribution in [3.05, 3.63) is 35.9 Å². The van der Waals surface area contributed by atoms with Crippen LogP contribution in [-0.2, 0) is 14.3 Å². The minimum atomic E-state index is -0.952. The summed E-state index contributed by atoms with van der Waals surface area (Å²) < 4.78 is 5.24. The first-order valence-corrected chi connectivity index (χ1v) is 9.15. The van der Waals surface area contributed by atoms with Gasteiger partial charge in [0, 0.05) is 13.5 Å². The number of carbonyl (C=O) groups excluding carboxylic acids is 3. The number of imide groups is 1. The van der Waals surface area contributed by atoms with Gasteiger partial charge in [-0.25, -0.2) is 4.79 Å². The molecule has 7 heteroatoms. The molecule has 7 nitrogen and oxygen atoms in total. The monoisotopic (exact) mass is 375 g/mol. The lowest BCUT2D eigenvalue weighted by Gasteiger charge is -2.26. The fraction of sp³-hybridized carbons (Fsp3) is 0.550. The van der Waals surface area contributed by atoms with E-state index in [2.05, 4.69) is 0 Å². The van der Waals surface area contributed by atoms with Gasteiger partial charge >= 0.3 is 12.0 Å². The van der Waals surface area contributed by atoms with Crippen molar-refractivity contribution in [3.63, 3.8) is 0 Å². The maximum absolute atomic E-state index is 12.9. The van der Waals surface area contributed by atoms with Crippen LogP contribution in [-0.4, -0.2) is 52.4 Å². The smallest absolute Gasteiger partial charge is 0.327 e. The number of carbonyl (C=O) groups is 3. The van der Waals surface area contributed by atoms with E-state index in [-0.39, 0.29) is 24.9 Å². The summed E-state index contributed by atoms with van der Waals surface area (Å²) >= 11 is 0. The fourth-order valence-corrected chi connectivity index (χ4v) is 3.17. The minimum Gasteiger partial charge on any atom is -0.460 e. The zero-order chi connectivity index (χ0) is 20.4. The van der Waals surface area contributed by atoms with E-state index >= 15 is 0 Å². The van der Waals surface area contributed by atoms with E-state index in [9.17, 15) is 14.4 Å². The number of benzene rings is 1. The number of esters is 1. The molecule has 0 aromatic heterocycles. The lowest BCUT2D eigenvalue weighted by atomic mass is 9.99. The Labute approximate surface area is 160 Å². The van der Waals surface area contributed by atoms with Crippen LogP contribution >= 0.6 is 0 Å². The number of nitrogens with zero attached hydrogens (tertiary/aromatic N) is 2. The fourth-order valence-electron chi connectivity index (χ4n) is 3.17. The van der Waals surface area contributed by atoms with Crippen molar-refractivity contribution < 1.29 is 19.1 Å². The standard InChI is InChI=1S/C20H29N3O4/c1-13-17(14-9-7-6-8-10-14)23(19(26)22(13)5)18(25)15(21)11-12-16(24)27-20(2,3)4/h6-10,13,15,17H,11-12,21H2,1-5H3/t13-,15-,17-/m0/s1. The van der Waals surface area contributed by atoms with Gasteiger partial charge in [-0.05, 0) is 39.7 Å². The van der Waals surface area contributed by atoms with Crippen molar-refractivity contribution in [2.75, 3.05) is 7.05 Å². The number of nitrogens with two attached hydrogens (primary N) is 1. The van der Waals surface area contributed by atoms with Crippen molar-refractivity contribution in [2.45, 2.75) is 64.3 Å². The van der Waals surface area contributed by atoms with E-state index < -0.39 is 29.6 Å². The molecule has 27 heavy (non-hydrogen) atoms. The maximum atomic E-state index is 12.9. The van der Waals surface area contributed by atoms with Crippen LogP contribution in [0.5, 0.6) is 0 Å². The Bertz CT molecular complexity index is 699. The van der Waals surface area contributed by atoms with E-state index in [1.807, 2.05) is 37.3 Å². The molecule has 1 aliphatic heterocycles. The third kappa shape index (κ3) is 4.86. The van der Waals surface area contributed by atoms with Gasteiger partial charge in [-0.3, -0.25) is 14.5 Å². The maximum Gasteiger partial charge on any atom is 0.327 e. The zero-order valence-corrected chi connectivity index (χ0v) is 16.6. The van der Waals surface area contributed by atoms with Crippen molar-refractivity contribution in [3.8, 4) is 0 Å². The number of urea groups is 1. The minimum absolute atomic E-state index is 0.0214. The number of amides is 3. The van der Waals surface area contributed by atoms with Crippen molar-refractivity contribution >= 4 is 17.9 Å². The van der Waals surface area contributed by atoms with Gasteiger partial charge in [0.05, 0.1) is 18.1 Å². The van der Waals surface area contributed by atoms with Crippen LogP contribution in [0.1, 0.15) is 52.1 Å². The molecule has 1 aromatic carbocycles. The van der Waals surface area contributed by atoms with E-state index in [4.69, 9.17) is 10.5 Å². The molecule has 0 bridgehead atoms. The molecule has 0 unspecified atom stereocenters. The van der Waals surface area contributed by atoms with Gasteiger partial charge in [0.15, 0.2) is 0 Å². The van der Waals surface area contributed by atoms with Crippen LogP contribution in [0.15, 0.2) is 30.3 Å². The SMILES string of the molecule is C[C@H]1[C@@H](c2ccccc2)N(C(=O)[C@@H](N)CCC(=O)OC(C)(C)C)C(=O)N1C. The summed E-state index contributed by atoms with van der Waals surface area (Å²) in [6.07, 6.45) is 0.144. The molecule has 0 aliphatic carbocycles. The Hall–Kier alpha value is -2.41. The second-order valence-corrected chi connectivity index (χ2v) is 7.93. The largest absolute Gasteiger partial charge is 0.460 e. The van der Waals surface area contributed by atoms with Crippen LogP contribution in [0.4, 0.5) is 4.79 Å². The van der Waals surface area contributed by atoms with Gasteiger partial charge in [-0.2, -0.15) is 0 Å². The Morgan fingerprint density at radius 2 is 1.81 bits per heavy atom. The van der Waals surface area contributed by atoms with E-state index in [1.54, 1.807) is 27.8 Å². The number of rotatable bonds is 5. The average Bonchev–Trinajstić information content (AvgIpc) is 2.82. The van der Waals surface area contributed by atoms with Crippen molar-refractivity contribution in [1.29, 1.82) is 0 Å². The van der Waals surface area contributed by atoms with Crippen molar-refractivity contribution in [2.24, 2.45) is 5.73 Å². The molecule has 1 aromatic rings. The topological polar surface area (TPSA) is 92.9 Å². The predicted molar refractivity (Wildman–Crippen MR) is 102 cm³/mol. The third-order valence-electron chi connectivity index (χ3n) is 4.63. The molecule has 1 fully saturated rings. The molecular formula is C20H29N3O4. The number of likely N-dealkylation sites (N-methyl/N-ethyl adjacent to an activating group) is 1. The second-order valence-electron chi connectivity index (χ2n) is 7.93. The van der Waals surface area contributed by atoms with Gasteiger partial charge < -0.3 is 15.4 Å². The van der Waals surface area contributed by atoms with Crippen molar-refractivity contribution in [1.82, 2.24) is 9.80 Å². The number of hydrogen-bond acceptors (Lipinski definition) is 5. The first-order chi connectivity index (χ1) is 12.5. The second kappa shape index (κ2) is 8.08. The van der Waals surface area contributed by atoms with Crippen LogP contribution in [0, 0.1) is 0 Å². The lowest BCUT2D eigenvalue weighted by molar-refractivity contribution is -0.155. The van der Waals surface area contributed by atoms with E-state index in [1.165, 1.54) is 9.80 Å². The summed E-state index contributed by atoms with van der Waals surface area (Å²) in [4.78, 5) is 40.2. The molecule has 0 saturated carbocycles. The van der Waals surface area contributed by atoms with Gasteiger partial charge in [-0.15, -0.1) is 0 Å². The summed E-state index contributed by atoms with van der Waals surface area (Å²) in [5.41, 5.74) is 6.31. The van der Waals surface area contributed by atoms with Gasteiger partial charge in [0.2, 0.25) is 5.91 Å². The number of hydrogen-bond donors (Lipinski definition) is 1. The Balaban J connectivity index is 2.12. The summed E-state index contributed by atoms with van der Waals surface area (Å²) in [6.45, 7) is 7.23. The molecule has 2 N–H and O–H groups in total. The van der Waals surface area contributed by atoms with Gasteiger partial charge in [-0.1, -0.05) is 30.3 Å². The molecule has 0 spiro atoms. The summed E-state index contributed by atoms with van der Waals surface area (Å²) in [5.74, 6) is -0.891. The molecule has 1 aliphatic rings. The normalized spacial score (nSPS) is 21.3. The molecule has 148 valence electrons. The van der Waals surface area contributed by atoms with E-state index in [0.717, 1.165) is 5.56 Å². The summed E-state index contributed by atoms with van der Waals surface area (Å²) in [7, 11) is 1.67. The highest BCUT2D eigenvalue weighted by molar-refractivity contribution is 5.99. The Morgan fingerprint density at radius 1 is 1.22 bits per heavy atom. The Kier molecular flexibility index (Phi) is 6.26. The zero-order valence-electron chi connectivity index (χ0n) is 16.6. The first-order valence-electron chi connectivity index (χ1n) is 9.15. The van der Waals surface area contributed by atoms with Crippen LogP contribution in [0.25, 0.3) is 0 Å². The van der Waals surface area contributed by atoms with Crippen LogP contribution < -0.4 is 5.73 Å². The van der Waals surface area contributed by atoms with E-state index in [0.29, 0.717) is 0 Å². The molecule has 3 amide bonds. The molecule has 0 radical (unpaired) electrons. The number of ether oxygens (including phenoxy) is 1.